The van der Waals surface area contributed by atoms with Crippen LogP contribution in [0, 0.1) is 0 Å². The molecule has 0 bridgehead atoms. The highest BCUT2D eigenvalue weighted by Crippen LogP contribution is 2.20. The Morgan fingerprint density at radius 1 is 1.27 bits per heavy atom. The Balaban J connectivity index is 2.37. The summed E-state index contributed by atoms with van der Waals surface area (Å²) in [4.78, 5) is 3.89. The molecule has 0 spiro atoms. The van der Waals surface area contributed by atoms with E-state index in [1.165, 1.54) is 6.33 Å². The Kier molecular flexibility index (Phi) is 2.78. The van der Waals surface area contributed by atoms with Crippen LogP contribution in [0.25, 0.3) is 0 Å². The van der Waals surface area contributed by atoms with E-state index < -0.39 is 6.10 Å². The number of nitrogens with zero attached hydrogens (tertiary/aromatic N) is 3. The fourth-order valence-electron chi connectivity index (χ4n) is 1.66. The Hall–Kier alpha value is -1.68. The van der Waals surface area contributed by atoms with E-state index in [1.54, 1.807) is 17.9 Å². The SMILES string of the molecule is CC(O)C(c1ccccc1)n1cncn1. The highest BCUT2D eigenvalue weighted by molar-refractivity contribution is 5.20. The summed E-state index contributed by atoms with van der Waals surface area (Å²) in [5.41, 5.74) is 1.03. The molecule has 2 aromatic rings. The molecule has 0 saturated carbocycles. The van der Waals surface area contributed by atoms with Gasteiger partial charge in [0.05, 0.1) is 6.10 Å². The Morgan fingerprint density at radius 3 is 2.53 bits per heavy atom. The summed E-state index contributed by atoms with van der Waals surface area (Å²) in [6, 6.07) is 9.61. The lowest BCUT2D eigenvalue weighted by Crippen LogP contribution is -2.23. The van der Waals surface area contributed by atoms with E-state index in [0.717, 1.165) is 5.56 Å². The summed E-state index contributed by atoms with van der Waals surface area (Å²) < 4.78 is 1.67. The van der Waals surface area contributed by atoms with Crippen molar-refractivity contribution in [3.8, 4) is 0 Å². The minimum atomic E-state index is -0.505. The monoisotopic (exact) mass is 203 g/mol. The minimum absolute atomic E-state index is 0.173. The van der Waals surface area contributed by atoms with Gasteiger partial charge in [0, 0.05) is 0 Å². The van der Waals surface area contributed by atoms with Gasteiger partial charge < -0.3 is 5.11 Å². The molecule has 0 radical (unpaired) electrons. The van der Waals surface area contributed by atoms with Crippen molar-refractivity contribution in [2.24, 2.45) is 0 Å². The van der Waals surface area contributed by atoms with Gasteiger partial charge in [0.2, 0.25) is 0 Å². The van der Waals surface area contributed by atoms with Gasteiger partial charge in [-0.2, -0.15) is 5.10 Å². The number of benzene rings is 1. The van der Waals surface area contributed by atoms with Crippen LogP contribution < -0.4 is 0 Å². The summed E-state index contributed by atoms with van der Waals surface area (Å²) in [6.45, 7) is 1.75. The van der Waals surface area contributed by atoms with Gasteiger partial charge in [0.15, 0.2) is 0 Å². The summed E-state index contributed by atoms with van der Waals surface area (Å²) in [7, 11) is 0. The third kappa shape index (κ3) is 2.05. The van der Waals surface area contributed by atoms with Gasteiger partial charge in [-0.25, -0.2) is 9.67 Å². The average molecular weight is 203 g/mol. The fraction of sp³-hybridized carbons (Fsp3) is 0.273. The van der Waals surface area contributed by atoms with Gasteiger partial charge in [-0.05, 0) is 12.5 Å². The molecular formula is C11H13N3O. The summed E-state index contributed by atoms with van der Waals surface area (Å²) in [6.07, 6.45) is 2.58. The zero-order chi connectivity index (χ0) is 10.7. The van der Waals surface area contributed by atoms with Crippen molar-refractivity contribution < 1.29 is 5.11 Å². The van der Waals surface area contributed by atoms with Crippen molar-refractivity contribution in [3.05, 3.63) is 48.5 Å². The third-order valence-electron chi connectivity index (χ3n) is 2.32. The van der Waals surface area contributed by atoms with Gasteiger partial charge in [0.1, 0.15) is 18.7 Å². The van der Waals surface area contributed by atoms with Crippen LogP contribution >= 0.6 is 0 Å². The molecule has 0 aliphatic carbocycles. The van der Waals surface area contributed by atoms with E-state index >= 15 is 0 Å². The molecule has 4 heteroatoms. The third-order valence-corrected chi connectivity index (χ3v) is 2.32. The highest BCUT2D eigenvalue weighted by Gasteiger charge is 2.19. The van der Waals surface area contributed by atoms with Crippen LogP contribution in [0.3, 0.4) is 0 Å². The first-order chi connectivity index (χ1) is 7.29. The number of rotatable bonds is 3. The predicted octanol–water partition coefficient (Wildman–Crippen LogP) is 1.25. The van der Waals surface area contributed by atoms with Gasteiger partial charge in [-0.3, -0.25) is 0 Å². The second-order valence-corrected chi connectivity index (χ2v) is 3.47. The second kappa shape index (κ2) is 4.23. The molecule has 78 valence electrons. The van der Waals surface area contributed by atoms with Crippen molar-refractivity contribution in [2.75, 3.05) is 0 Å². The molecule has 4 nitrogen and oxygen atoms in total. The van der Waals surface area contributed by atoms with E-state index in [-0.39, 0.29) is 6.04 Å². The second-order valence-electron chi connectivity index (χ2n) is 3.47. The first-order valence-corrected chi connectivity index (χ1v) is 4.86. The molecule has 1 aromatic carbocycles. The molecule has 1 N–H and O–H groups in total. The van der Waals surface area contributed by atoms with Crippen LogP contribution in [-0.2, 0) is 0 Å². The smallest absolute Gasteiger partial charge is 0.137 e. The van der Waals surface area contributed by atoms with Gasteiger partial charge in [-0.15, -0.1) is 0 Å². The fourth-order valence-corrected chi connectivity index (χ4v) is 1.66. The molecule has 0 saturated heterocycles. The van der Waals surface area contributed by atoms with E-state index in [0.29, 0.717) is 0 Å². The zero-order valence-electron chi connectivity index (χ0n) is 8.49. The normalized spacial score (nSPS) is 14.8. The first kappa shape index (κ1) is 9.86. The van der Waals surface area contributed by atoms with Crippen LogP contribution in [0.4, 0.5) is 0 Å². The molecule has 15 heavy (non-hydrogen) atoms. The number of aliphatic hydroxyl groups is 1. The van der Waals surface area contributed by atoms with Gasteiger partial charge >= 0.3 is 0 Å². The van der Waals surface area contributed by atoms with Gasteiger partial charge in [-0.1, -0.05) is 30.3 Å². The van der Waals surface area contributed by atoms with Crippen LogP contribution in [0.1, 0.15) is 18.5 Å². The van der Waals surface area contributed by atoms with Crippen LogP contribution in [0.2, 0.25) is 0 Å². The van der Waals surface area contributed by atoms with E-state index in [9.17, 15) is 5.11 Å². The van der Waals surface area contributed by atoms with Crippen molar-refractivity contribution in [3.63, 3.8) is 0 Å². The maximum absolute atomic E-state index is 9.75. The molecule has 2 unspecified atom stereocenters. The molecule has 2 rings (SSSR count). The molecule has 0 aliphatic rings. The molecule has 0 amide bonds. The summed E-state index contributed by atoms with van der Waals surface area (Å²) in [5, 5.41) is 13.8. The van der Waals surface area contributed by atoms with Gasteiger partial charge in [0.25, 0.3) is 0 Å². The van der Waals surface area contributed by atoms with E-state index in [1.807, 2.05) is 30.3 Å². The van der Waals surface area contributed by atoms with Crippen molar-refractivity contribution in [1.29, 1.82) is 0 Å². The number of hydrogen-bond donors (Lipinski definition) is 1. The quantitative estimate of drug-likeness (QED) is 0.816. The summed E-state index contributed by atoms with van der Waals surface area (Å²) in [5.74, 6) is 0. The lowest BCUT2D eigenvalue weighted by Gasteiger charge is -2.20. The zero-order valence-corrected chi connectivity index (χ0v) is 8.49. The summed E-state index contributed by atoms with van der Waals surface area (Å²) >= 11 is 0. The molecule has 1 heterocycles. The average Bonchev–Trinajstić information content (AvgIpc) is 2.72. The molecule has 2 atom stereocenters. The van der Waals surface area contributed by atoms with Crippen molar-refractivity contribution in [2.45, 2.75) is 19.1 Å². The first-order valence-electron chi connectivity index (χ1n) is 4.86. The van der Waals surface area contributed by atoms with Crippen LogP contribution in [0.5, 0.6) is 0 Å². The van der Waals surface area contributed by atoms with Crippen LogP contribution in [-0.4, -0.2) is 26.0 Å². The van der Waals surface area contributed by atoms with Crippen molar-refractivity contribution >= 4 is 0 Å². The molecule has 1 aromatic heterocycles. The van der Waals surface area contributed by atoms with Crippen molar-refractivity contribution in [1.82, 2.24) is 14.8 Å². The maximum atomic E-state index is 9.75. The maximum Gasteiger partial charge on any atom is 0.137 e. The number of hydrogen-bond acceptors (Lipinski definition) is 3. The molecular weight excluding hydrogens is 190 g/mol. The minimum Gasteiger partial charge on any atom is -0.391 e. The largest absolute Gasteiger partial charge is 0.391 e. The topological polar surface area (TPSA) is 50.9 Å². The Morgan fingerprint density at radius 2 is 2.00 bits per heavy atom. The standard InChI is InChI=1S/C11H13N3O/c1-9(15)11(14-8-12-7-13-14)10-5-3-2-4-6-10/h2-9,11,15H,1H3. The van der Waals surface area contributed by atoms with E-state index in [2.05, 4.69) is 10.1 Å². The lowest BCUT2D eigenvalue weighted by atomic mass is 10.0. The van der Waals surface area contributed by atoms with Crippen LogP contribution in [0.15, 0.2) is 43.0 Å². The Bertz CT molecular complexity index is 397. The van der Waals surface area contributed by atoms with E-state index in [4.69, 9.17) is 0 Å². The predicted molar refractivity (Wildman–Crippen MR) is 56.3 cm³/mol. The number of aromatic nitrogens is 3. The highest BCUT2D eigenvalue weighted by atomic mass is 16.3. The number of aliphatic hydroxyl groups excluding tert-OH is 1. The Labute approximate surface area is 88.2 Å². The lowest BCUT2D eigenvalue weighted by molar-refractivity contribution is 0.142. The molecule has 0 fully saturated rings. The molecule has 0 aliphatic heterocycles.